The van der Waals surface area contributed by atoms with E-state index < -0.39 is 6.36 Å². The maximum absolute atomic E-state index is 12.2. The van der Waals surface area contributed by atoms with E-state index in [1.54, 1.807) is 12.1 Å². The van der Waals surface area contributed by atoms with Crippen molar-refractivity contribution >= 4 is 5.69 Å². The molecule has 0 aromatic heterocycles. The van der Waals surface area contributed by atoms with Gasteiger partial charge in [0.2, 0.25) is 0 Å². The lowest BCUT2D eigenvalue weighted by molar-refractivity contribution is -0.274. The van der Waals surface area contributed by atoms with Crippen LogP contribution in [-0.4, -0.2) is 31.5 Å². The number of rotatable bonds is 3. The summed E-state index contributed by atoms with van der Waals surface area (Å²) in [6.45, 7) is 4.88. The van der Waals surface area contributed by atoms with Crippen molar-refractivity contribution in [3.63, 3.8) is 0 Å². The standard InChI is InChI=1S/C15H19F3N2O/c1-14(11-2-3-11)10-20(9-8-19-14)12-4-6-13(7-5-12)21-15(16,17)18/h4-7,11,19H,2-3,8-10H2,1H3. The summed E-state index contributed by atoms with van der Waals surface area (Å²) >= 11 is 0. The Hall–Kier alpha value is -1.43. The number of benzene rings is 1. The van der Waals surface area contributed by atoms with Crippen LogP contribution in [0.2, 0.25) is 0 Å². The van der Waals surface area contributed by atoms with Gasteiger partial charge in [-0.2, -0.15) is 0 Å². The highest BCUT2D eigenvalue weighted by atomic mass is 19.4. The molecular formula is C15H19F3N2O. The van der Waals surface area contributed by atoms with Gasteiger partial charge in [-0.1, -0.05) is 0 Å². The third-order valence-corrected chi connectivity index (χ3v) is 4.34. The van der Waals surface area contributed by atoms with Crippen LogP contribution in [0.3, 0.4) is 0 Å². The molecule has 1 atom stereocenters. The number of ether oxygens (including phenoxy) is 1. The Labute approximate surface area is 122 Å². The molecule has 1 saturated heterocycles. The van der Waals surface area contributed by atoms with Crippen LogP contribution in [0, 0.1) is 5.92 Å². The molecule has 1 aliphatic carbocycles. The minimum Gasteiger partial charge on any atom is -0.406 e. The number of piperazine rings is 1. The van der Waals surface area contributed by atoms with E-state index in [2.05, 4.69) is 21.9 Å². The van der Waals surface area contributed by atoms with Crippen LogP contribution < -0.4 is 15.0 Å². The SMILES string of the molecule is CC1(C2CC2)CN(c2ccc(OC(F)(F)F)cc2)CCN1. The van der Waals surface area contributed by atoms with Gasteiger partial charge in [-0.3, -0.25) is 0 Å². The molecule has 1 saturated carbocycles. The quantitative estimate of drug-likeness (QED) is 0.928. The van der Waals surface area contributed by atoms with Gasteiger partial charge in [0.05, 0.1) is 0 Å². The highest BCUT2D eigenvalue weighted by Gasteiger charge is 2.43. The van der Waals surface area contributed by atoms with Crippen LogP contribution in [0.1, 0.15) is 19.8 Å². The van der Waals surface area contributed by atoms with Crippen molar-refractivity contribution in [2.24, 2.45) is 5.92 Å². The fourth-order valence-electron chi connectivity index (χ4n) is 3.08. The minimum atomic E-state index is -4.64. The molecule has 21 heavy (non-hydrogen) atoms. The molecule has 3 nitrogen and oxygen atoms in total. The second-order valence-electron chi connectivity index (χ2n) is 6.08. The number of hydrogen-bond donors (Lipinski definition) is 1. The molecule has 1 aromatic rings. The summed E-state index contributed by atoms with van der Waals surface area (Å²) in [7, 11) is 0. The predicted molar refractivity (Wildman–Crippen MR) is 74.5 cm³/mol. The molecule has 0 amide bonds. The smallest absolute Gasteiger partial charge is 0.406 e. The molecular weight excluding hydrogens is 281 g/mol. The maximum Gasteiger partial charge on any atom is 0.573 e. The summed E-state index contributed by atoms with van der Waals surface area (Å²) in [5, 5.41) is 3.58. The zero-order valence-electron chi connectivity index (χ0n) is 11.9. The zero-order chi connectivity index (χ0) is 15.1. The van der Waals surface area contributed by atoms with Crippen LogP contribution in [-0.2, 0) is 0 Å². The molecule has 0 spiro atoms. The van der Waals surface area contributed by atoms with E-state index >= 15 is 0 Å². The number of anilines is 1. The third kappa shape index (κ3) is 3.43. The van der Waals surface area contributed by atoms with Gasteiger partial charge in [0.15, 0.2) is 0 Å². The lowest BCUT2D eigenvalue weighted by Gasteiger charge is -2.43. The van der Waals surface area contributed by atoms with Gasteiger partial charge in [0, 0.05) is 30.9 Å². The molecule has 1 unspecified atom stereocenters. The van der Waals surface area contributed by atoms with Crippen LogP contribution in [0.5, 0.6) is 5.75 Å². The topological polar surface area (TPSA) is 24.5 Å². The average Bonchev–Trinajstić information content (AvgIpc) is 3.22. The first kappa shape index (κ1) is 14.5. The number of halogens is 3. The van der Waals surface area contributed by atoms with Crippen molar-refractivity contribution in [2.75, 3.05) is 24.5 Å². The number of nitrogens with one attached hydrogen (secondary N) is 1. The first-order chi connectivity index (χ1) is 9.86. The molecule has 116 valence electrons. The summed E-state index contributed by atoms with van der Waals surface area (Å²) in [4.78, 5) is 2.23. The van der Waals surface area contributed by atoms with Gasteiger partial charge in [-0.15, -0.1) is 13.2 Å². The second kappa shape index (κ2) is 5.09. The summed E-state index contributed by atoms with van der Waals surface area (Å²) in [5.41, 5.74) is 1.05. The Bertz CT molecular complexity index is 499. The summed E-state index contributed by atoms with van der Waals surface area (Å²) in [6.07, 6.45) is -2.12. The fraction of sp³-hybridized carbons (Fsp3) is 0.600. The molecule has 0 bridgehead atoms. The van der Waals surface area contributed by atoms with Crippen molar-refractivity contribution in [3.8, 4) is 5.75 Å². The first-order valence-electron chi connectivity index (χ1n) is 7.21. The van der Waals surface area contributed by atoms with Gasteiger partial charge in [0.1, 0.15) is 5.75 Å². The highest BCUT2D eigenvalue weighted by molar-refractivity contribution is 5.50. The molecule has 3 rings (SSSR count). The van der Waals surface area contributed by atoms with Crippen molar-refractivity contribution in [3.05, 3.63) is 24.3 Å². The Morgan fingerprint density at radius 2 is 1.90 bits per heavy atom. The third-order valence-electron chi connectivity index (χ3n) is 4.34. The zero-order valence-corrected chi connectivity index (χ0v) is 11.9. The summed E-state index contributed by atoms with van der Waals surface area (Å²) in [6, 6.07) is 6.14. The Morgan fingerprint density at radius 3 is 2.48 bits per heavy atom. The second-order valence-corrected chi connectivity index (χ2v) is 6.08. The predicted octanol–water partition coefficient (Wildman–Crippen LogP) is 3.16. The van der Waals surface area contributed by atoms with Gasteiger partial charge in [0.25, 0.3) is 0 Å². The number of nitrogens with zero attached hydrogens (tertiary/aromatic N) is 1. The lowest BCUT2D eigenvalue weighted by atomic mass is 9.92. The molecule has 0 radical (unpaired) electrons. The first-order valence-corrected chi connectivity index (χ1v) is 7.21. The van der Waals surface area contributed by atoms with Crippen LogP contribution in [0.25, 0.3) is 0 Å². The van der Waals surface area contributed by atoms with E-state index in [0.717, 1.165) is 25.3 Å². The average molecular weight is 300 g/mol. The van der Waals surface area contributed by atoms with Crippen LogP contribution in [0.15, 0.2) is 24.3 Å². The van der Waals surface area contributed by atoms with Crippen molar-refractivity contribution in [1.82, 2.24) is 5.32 Å². The number of alkyl halides is 3. The van der Waals surface area contributed by atoms with Crippen molar-refractivity contribution in [2.45, 2.75) is 31.7 Å². The Morgan fingerprint density at radius 1 is 1.24 bits per heavy atom. The van der Waals surface area contributed by atoms with E-state index in [9.17, 15) is 13.2 Å². The maximum atomic E-state index is 12.2. The molecule has 6 heteroatoms. The van der Waals surface area contributed by atoms with E-state index in [4.69, 9.17) is 0 Å². The monoisotopic (exact) mass is 300 g/mol. The molecule has 2 aliphatic rings. The minimum absolute atomic E-state index is 0.111. The van der Waals surface area contributed by atoms with Gasteiger partial charge in [-0.05, 0) is 49.9 Å². The number of hydrogen-bond acceptors (Lipinski definition) is 3. The van der Waals surface area contributed by atoms with Crippen LogP contribution >= 0.6 is 0 Å². The molecule has 1 aliphatic heterocycles. The van der Waals surface area contributed by atoms with Crippen molar-refractivity contribution in [1.29, 1.82) is 0 Å². The van der Waals surface area contributed by atoms with Gasteiger partial charge >= 0.3 is 6.36 Å². The lowest BCUT2D eigenvalue weighted by Crippen LogP contribution is -2.60. The van der Waals surface area contributed by atoms with E-state index in [-0.39, 0.29) is 11.3 Å². The largest absolute Gasteiger partial charge is 0.573 e. The van der Waals surface area contributed by atoms with E-state index in [1.807, 2.05) is 0 Å². The Kier molecular flexibility index (Phi) is 3.51. The van der Waals surface area contributed by atoms with E-state index in [1.165, 1.54) is 25.0 Å². The van der Waals surface area contributed by atoms with Crippen LogP contribution in [0.4, 0.5) is 18.9 Å². The Balaban J connectivity index is 1.69. The normalized spacial score (nSPS) is 26.8. The summed E-state index contributed by atoms with van der Waals surface area (Å²) < 4.78 is 40.4. The molecule has 2 fully saturated rings. The fourth-order valence-corrected chi connectivity index (χ4v) is 3.08. The van der Waals surface area contributed by atoms with Gasteiger partial charge in [-0.25, -0.2) is 0 Å². The molecule has 1 heterocycles. The highest BCUT2D eigenvalue weighted by Crippen LogP contribution is 2.41. The van der Waals surface area contributed by atoms with Gasteiger partial charge < -0.3 is 15.0 Å². The molecule has 1 aromatic carbocycles. The summed E-state index contributed by atoms with van der Waals surface area (Å²) in [5.74, 6) is 0.541. The molecule has 1 N–H and O–H groups in total. The van der Waals surface area contributed by atoms with E-state index in [0.29, 0.717) is 5.92 Å². The van der Waals surface area contributed by atoms with Crippen molar-refractivity contribution < 1.29 is 17.9 Å².